The zero-order valence-electron chi connectivity index (χ0n) is 9.37. The van der Waals surface area contributed by atoms with Gasteiger partial charge in [0.15, 0.2) is 0 Å². The molecule has 1 heteroatoms. The molecule has 0 saturated heterocycles. The number of rotatable bonds is 3. The maximum atomic E-state index is 10.8. The molecule has 0 radical (unpaired) electrons. The van der Waals surface area contributed by atoms with E-state index in [1.54, 1.807) is 0 Å². The van der Waals surface area contributed by atoms with E-state index in [0.29, 0.717) is 5.92 Å². The van der Waals surface area contributed by atoms with E-state index in [2.05, 4.69) is 26.0 Å². The Balaban J connectivity index is 2.99. The molecule has 0 N–H and O–H groups in total. The molecule has 0 aliphatic carbocycles. The minimum atomic E-state index is -0.366. The largest absolute Gasteiger partial charge is 0.302 e. The van der Waals surface area contributed by atoms with Crippen LogP contribution < -0.4 is 0 Å². The summed E-state index contributed by atoms with van der Waals surface area (Å²) in [5.74, 6) is 0.545. The Bertz CT molecular complexity index is 307. The van der Waals surface area contributed by atoms with Gasteiger partial charge in [0, 0.05) is 5.41 Å². The van der Waals surface area contributed by atoms with E-state index in [-0.39, 0.29) is 5.41 Å². The third-order valence-corrected chi connectivity index (χ3v) is 2.62. The lowest BCUT2D eigenvalue weighted by atomic mass is 9.85. The molecule has 0 heterocycles. The molecule has 0 aliphatic heterocycles. The summed E-state index contributed by atoms with van der Waals surface area (Å²) in [7, 11) is 0. The molecule has 0 spiro atoms. The Morgan fingerprint density at radius 1 is 1.14 bits per heavy atom. The van der Waals surface area contributed by atoms with E-state index < -0.39 is 0 Å². The number of hydrogen-bond acceptors (Lipinski definition) is 1. The summed E-state index contributed by atoms with van der Waals surface area (Å²) < 4.78 is 0. The Morgan fingerprint density at radius 2 is 1.64 bits per heavy atom. The van der Waals surface area contributed by atoms with E-state index in [0.717, 1.165) is 11.8 Å². The molecule has 14 heavy (non-hydrogen) atoms. The Labute approximate surface area is 86.1 Å². The standard InChI is InChI=1S/C13H18O/c1-10(2)11-5-7-12(8-6-11)13(3,4)9-14/h5-10H,1-4H3. The summed E-state index contributed by atoms with van der Waals surface area (Å²) in [6.45, 7) is 8.20. The second kappa shape index (κ2) is 3.95. The van der Waals surface area contributed by atoms with Crippen molar-refractivity contribution in [3.63, 3.8) is 0 Å². The molecule has 0 amide bonds. The second-order valence-corrected chi connectivity index (χ2v) is 4.62. The average molecular weight is 190 g/mol. The highest BCUT2D eigenvalue weighted by atomic mass is 16.1. The van der Waals surface area contributed by atoms with E-state index in [1.807, 2.05) is 26.0 Å². The van der Waals surface area contributed by atoms with Gasteiger partial charge in [0.25, 0.3) is 0 Å². The van der Waals surface area contributed by atoms with Gasteiger partial charge in [-0.2, -0.15) is 0 Å². The average Bonchev–Trinajstić information content (AvgIpc) is 2.18. The molecule has 1 rings (SSSR count). The Hall–Kier alpha value is -1.11. The van der Waals surface area contributed by atoms with Crippen molar-refractivity contribution in [1.29, 1.82) is 0 Å². The van der Waals surface area contributed by atoms with Crippen LogP contribution in [-0.2, 0) is 10.2 Å². The van der Waals surface area contributed by atoms with Crippen molar-refractivity contribution in [3.8, 4) is 0 Å². The summed E-state index contributed by atoms with van der Waals surface area (Å²) in [6, 6.07) is 8.30. The van der Waals surface area contributed by atoms with Crippen molar-refractivity contribution in [1.82, 2.24) is 0 Å². The zero-order chi connectivity index (χ0) is 10.8. The molecule has 0 fully saturated rings. The lowest BCUT2D eigenvalue weighted by molar-refractivity contribution is -0.111. The molecular formula is C13H18O. The van der Waals surface area contributed by atoms with E-state index in [4.69, 9.17) is 0 Å². The highest BCUT2D eigenvalue weighted by molar-refractivity contribution is 5.67. The molecule has 0 bridgehead atoms. The van der Waals surface area contributed by atoms with Gasteiger partial charge in [0.05, 0.1) is 0 Å². The van der Waals surface area contributed by atoms with Crippen LogP contribution in [0.4, 0.5) is 0 Å². The van der Waals surface area contributed by atoms with Gasteiger partial charge < -0.3 is 4.79 Å². The third-order valence-electron chi connectivity index (χ3n) is 2.62. The van der Waals surface area contributed by atoms with Crippen LogP contribution in [0.2, 0.25) is 0 Å². The van der Waals surface area contributed by atoms with Gasteiger partial charge in [-0.25, -0.2) is 0 Å². The Morgan fingerprint density at radius 3 is 2.00 bits per heavy atom. The molecule has 0 unspecified atom stereocenters. The topological polar surface area (TPSA) is 17.1 Å². The minimum absolute atomic E-state index is 0.366. The highest BCUT2D eigenvalue weighted by Crippen LogP contribution is 2.23. The van der Waals surface area contributed by atoms with Gasteiger partial charge in [-0.3, -0.25) is 0 Å². The fourth-order valence-electron chi connectivity index (χ4n) is 1.37. The maximum absolute atomic E-state index is 10.8. The van der Waals surface area contributed by atoms with Crippen molar-refractivity contribution < 1.29 is 4.79 Å². The molecule has 1 aromatic carbocycles. The molecular weight excluding hydrogens is 172 g/mol. The van der Waals surface area contributed by atoms with Crippen LogP contribution in [-0.4, -0.2) is 6.29 Å². The van der Waals surface area contributed by atoms with Gasteiger partial charge in [-0.05, 0) is 30.9 Å². The first kappa shape index (κ1) is 11.0. The van der Waals surface area contributed by atoms with Crippen LogP contribution >= 0.6 is 0 Å². The molecule has 0 atom stereocenters. The van der Waals surface area contributed by atoms with Crippen molar-refractivity contribution >= 4 is 6.29 Å². The smallest absolute Gasteiger partial charge is 0.129 e. The van der Waals surface area contributed by atoms with Gasteiger partial charge in [-0.15, -0.1) is 0 Å². The molecule has 1 aromatic rings. The van der Waals surface area contributed by atoms with Crippen LogP contribution in [0.15, 0.2) is 24.3 Å². The number of benzene rings is 1. The quantitative estimate of drug-likeness (QED) is 0.668. The minimum Gasteiger partial charge on any atom is -0.302 e. The summed E-state index contributed by atoms with van der Waals surface area (Å²) in [5.41, 5.74) is 2.03. The Kier molecular flexibility index (Phi) is 3.10. The lowest BCUT2D eigenvalue weighted by Gasteiger charge is -2.18. The summed E-state index contributed by atoms with van der Waals surface area (Å²) in [5, 5.41) is 0. The van der Waals surface area contributed by atoms with Crippen LogP contribution in [0.1, 0.15) is 44.7 Å². The fraction of sp³-hybridized carbons (Fsp3) is 0.462. The van der Waals surface area contributed by atoms with Crippen molar-refractivity contribution in [2.24, 2.45) is 0 Å². The van der Waals surface area contributed by atoms with Gasteiger partial charge in [0.2, 0.25) is 0 Å². The molecule has 0 aromatic heterocycles. The van der Waals surface area contributed by atoms with E-state index in [9.17, 15) is 4.79 Å². The zero-order valence-corrected chi connectivity index (χ0v) is 9.37. The van der Waals surface area contributed by atoms with Gasteiger partial charge in [0.1, 0.15) is 6.29 Å². The first-order valence-corrected chi connectivity index (χ1v) is 5.04. The normalized spacial score (nSPS) is 11.8. The van der Waals surface area contributed by atoms with Crippen LogP contribution in [0.25, 0.3) is 0 Å². The molecule has 76 valence electrons. The van der Waals surface area contributed by atoms with Gasteiger partial charge in [-0.1, -0.05) is 38.1 Å². The monoisotopic (exact) mass is 190 g/mol. The summed E-state index contributed by atoms with van der Waals surface area (Å²) in [6.07, 6.45) is 0.997. The molecule has 0 saturated carbocycles. The predicted molar refractivity (Wildman–Crippen MR) is 59.6 cm³/mol. The van der Waals surface area contributed by atoms with Crippen LogP contribution in [0, 0.1) is 0 Å². The first-order chi connectivity index (χ1) is 6.47. The number of carbonyl (C=O) groups is 1. The van der Waals surface area contributed by atoms with Gasteiger partial charge >= 0.3 is 0 Å². The van der Waals surface area contributed by atoms with Crippen molar-refractivity contribution in [2.45, 2.75) is 39.0 Å². The van der Waals surface area contributed by atoms with E-state index >= 15 is 0 Å². The predicted octanol–water partition coefficient (Wildman–Crippen LogP) is 3.29. The van der Waals surface area contributed by atoms with Crippen LogP contribution in [0.5, 0.6) is 0 Å². The maximum Gasteiger partial charge on any atom is 0.129 e. The summed E-state index contributed by atoms with van der Waals surface area (Å²) >= 11 is 0. The second-order valence-electron chi connectivity index (χ2n) is 4.62. The highest BCUT2D eigenvalue weighted by Gasteiger charge is 2.18. The molecule has 0 aliphatic rings. The van der Waals surface area contributed by atoms with Crippen molar-refractivity contribution in [2.75, 3.05) is 0 Å². The lowest BCUT2D eigenvalue weighted by Crippen LogP contribution is -2.18. The first-order valence-electron chi connectivity index (χ1n) is 5.04. The third kappa shape index (κ3) is 2.22. The number of carbonyl (C=O) groups excluding carboxylic acids is 1. The number of hydrogen-bond donors (Lipinski definition) is 0. The van der Waals surface area contributed by atoms with E-state index in [1.165, 1.54) is 5.56 Å². The molecule has 1 nitrogen and oxygen atoms in total. The fourth-order valence-corrected chi connectivity index (χ4v) is 1.37. The summed E-state index contributed by atoms with van der Waals surface area (Å²) in [4.78, 5) is 10.8. The SMILES string of the molecule is CC(C)c1ccc(C(C)(C)C=O)cc1. The van der Waals surface area contributed by atoms with Crippen molar-refractivity contribution in [3.05, 3.63) is 35.4 Å². The van der Waals surface area contributed by atoms with Crippen LogP contribution in [0.3, 0.4) is 0 Å². The number of aldehydes is 1.